The molecule has 5 rings (SSSR count). The lowest BCUT2D eigenvalue weighted by atomic mass is 9.84. The molecule has 2 saturated heterocycles. The van der Waals surface area contributed by atoms with Gasteiger partial charge in [0.05, 0.1) is 5.75 Å². The van der Waals surface area contributed by atoms with Crippen molar-refractivity contribution in [3.8, 4) is 0 Å². The van der Waals surface area contributed by atoms with Crippen molar-refractivity contribution < 1.29 is 30.8 Å². The summed E-state index contributed by atoms with van der Waals surface area (Å²) < 4.78 is 84.9. The number of piperazine rings is 1. The number of benzene rings is 3. The Morgan fingerprint density at radius 2 is 1.71 bits per heavy atom. The number of amides is 1. The molecule has 4 N–H and O–H groups in total. The van der Waals surface area contributed by atoms with E-state index < -0.39 is 51.2 Å². The van der Waals surface area contributed by atoms with Gasteiger partial charge in [-0.15, -0.1) is 0 Å². The van der Waals surface area contributed by atoms with Gasteiger partial charge in [0, 0.05) is 48.4 Å². The van der Waals surface area contributed by atoms with E-state index in [4.69, 9.17) is 5.73 Å². The molecule has 3 aromatic rings. The first-order valence-corrected chi connectivity index (χ1v) is 15.4. The third kappa shape index (κ3) is 6.61. The van der Waals surface area contributed by atoms with Gasteiger partial charge in [0.2, 0.25) is 15.9 Å². The first-order valence-electron chi connectivity index (χ1n) is 13.8. The summed E-state index contributed by atoms with van der Waals surface area (Å²) in [5.74, 6) is -4.75. The van der Waals surface area contributed by atoms with Crippen LogP contribution in [0.15, 0.2) is 60.7 Å². The highest BCUT2D eigenvalue weighted by Gasteiger charge is 2.38. The SMILES string of the molecule is NC(=O)[C@@H](Nc1cccc(F)c1CCC1CNC2CCCS(=O)(=O)N1C2)C(c1ccc(F)cc1)c1cc(F)cc(F)c1. The van der Waals surface area contributed by atoms with Crippen molar-refractivity contribution in [3.63, 3.8) is 0 Å². The summed E-state index contributed by atoms with van der Waals surface area (Å²) in [7, 11) is -3.44. The van der Waals surface area contributed by atoms with E-state index in [0.29, 0.717) is 37.6 Å². The Balaban J connectivity index is 1.46. The molecule has 2 heterocycles. The van der Waals surface area contributed by atoms with Crippen molar-refractivity contribution in [1.82, 2.24) is 9.62 Å². The zero-order valence-electron chi connectivity index (χ0n) is 22.7. The number of hydrogen-bond acceptors (Lipinski definition) is 5. The summed E-state index contributed by atoms with van der Waals surface area (Å²) in [6.45, 7) is 0.797. The van der Waals surface area contributed by atoms with Crippen molar-refractivity contribution in [1.29, 1.82) is 0 Å². The van der Waals surface area contributed by atoms with E-state index in [-0.39, 0.29) is 41.1 Å². The Hall–Kier alpha value is -3.48. The summed E-state index contributed by atoms with van der Waals surface area (Å²) in [4.78, 5) is 12.9. The maximum absolute atomic E-state index is 15.3. The third-order valence-corrected chi connectivity index (χ3v) is 10.00. The van der Waals surface area contributed by atoms with E-state index in [1.54, 1.807) is 6.07 Å². The van der Waals surface area contributed by atoms with Crippen molar-refractivity contribution in [2.75, 3.05) is 24.2 Å². The van der Waals surface area contributed by atoms with E-state index in [0.717, 1.165) is 30.7 Å². The van der Waals surface area contributed by atoms with Crippen LogP contribution < -0.4 is 16.4 Å². The summed E-state index contributed by atoms with van der Waals surface area (Å²) >= 11 is 0. The van der Waals surface area contributed by atoms with Crippen LogP contribution in [0.1, 0.15) is 41.9 Å². The van der Waals surface area contributed by atoms with Crippen molar-refractivity contribution in [2.45, 2.75) is 49.7 Å². The zero-order chi connectivity index (χ0) is 30.0. The monoisotopic (exact) mass is 604 g/mol. The number of fused-ring (bicyclic) bond motifs is 2. The average molecular weight is 605 g/mol. The standard InChI is InChI=1S/C30H32F4N4O3S/c31-20-8-6-18(7-9-20)28(19-13-21(32)15-22(33)14-19)29(30(35)39)37-27-5-1-4-26(34)25(27)11-10-24-16-36-23-3-2-12-42(40,41)38(24)17-23/h1,4-9,13-15,23-24,28-29,36-37H,2-3,10-12,16-17H2,(H2,35,39)/t23?,24?,28?,29-/m0/s1. The molecule has 42 heavy (non-hydrogen) atoms. The highest BCUT2D eigenvalue weighted by molar-refractivity contribution is 7.89. The number of anilines is 1. The lowest BCUT2D eigenvalue weighted by Gasteiger charge is -2.37. The van der Waals surface area contributed by atoms with E-state index in [2.05, 4.69) is 10.6 Å². The third-order valence-electron chi connectivity index (χ3n) is 8.03. The Morgan fingerprint density at radius 3 is 2.40 bits per heavy atom. The smallest absolute Gasteiger partial charge is 0.240 e. The number of carbonyl (C=O) groups is 1. The van der Waals surface area contributed by atoms with Gasteiger partial charge < -0.3 is 16.4 Å². The molecule has 1 amide bonds. The Kier molecular flexibility index (Phi) is 8.86. The van der Waals surface area contributed by atoms with Crippen molar-refractivity contribution in [3.05, 3.63) is 101 Å². The number of nitrogens with one attached hydrogen (secondary N) is 2. The van der Waals surface area contributed by atoms with Gasteiger partial charge in [-0.25, -0.2) is 26.0 Å². The maximum atomic E-state index is 15.3. The summed E-state index contributed by atoms with van der Waals surface area (Å²) in [6.07, 6.45) is 1.79. The second-order valence-corrected chi connectivity index (χ2v) is 12.9. The van der Waals surface area contributed by atoms with Crippen LogP contribution in [0.4, 0.5) is 23.2 Å². The van der Waals surface area contributed by atoms with Crippen molar-refractivity contribution in [2.24, 2.45) is 5.73 Å². The zero-order valence-corrected chi connectivity index (χ0v) is 23.5. The van der Waals surface area contributed by atoms with Crippen LogP contribution in [0.25, 0.3) is 0 Å². The number of sulfonamides is 1. The molecule has 2 aliphatic rings. The molecule has 2 bridgehead atoms. The van der Waals surface area contributed by atoms with Gasteiger partial charge in [0.25, 0.3) is 0 Å². The van der Waals surface area contributed by atoms with Crippen LogP contribution in [-0.4, -0.2) is 55.6 Å². The van der Waals surface area contributed by atoms with Crippen molar-refractivity contribution >= 4 is 21.6 Å². The molecule has 5 atom stereocenters. The van der Waals surface area contributed by atoms with Crippen LogP contribution in [0.3, 0.4) is 0 Å². The molecule has 0 saturated carbocycles. The van der Waals surface area contributed by atoms with E-state index in [1.807, 2.05) is 0 Å². The molecule has 0 spiro atoms. The Bertz CT molecular complexity index is 1530. The predicted molar refractivity (Wildman–Crippen MR) is 151 cm³/mol. The van der Waals surface area contributed by atoms with Crippen LogP contribution >= 0.6 is 0 Å². The van der Waals surface area contributed by atoms with Gasteiger partial charge in [0.1, 0.15) is 29.3 Å². The largest absolute Gasteiger partial charge is 0.373 e. The molecule has 2 fully saturated rings. The summed E-state index contributed by atoms with van der Waals surface area (Å²) in [5, 5.41) is 6.39. The molecule has 7 nitrogen and oxygen atoms in total. The Labute approximate surface area is 242 Å². The van der Waals surface area contributed by atoms with E-state index in [9.17, 15) is 26.4 Å². The lowest BCUT2D eigenvalue weighted by molar-refractivity contribution is -0.119. The van der Waals surface area contributed by atoms with Gasteiger partial charge in [0.15, 0.2) is 0 Å². The molecule has 3 aromatic carbocycles. The fourth-order valence-corrected chi connectivity index (χ4v) is 7.80. The number of hydrogen-bond donors (Lipinski definition) is 3. The maximum Gasteiger partial charge on any atom is 0.240 e. The normalized spacial score (nSPS) is 23.0. The number of nitrogens with two attached hydrogens (primary N) is 1. The second-order valence-electron chi connectivity index (χ2n) is 10.8. The first-order chi connectivity index (χ1) is 20.0. The van der Waals surface area contributed by atoms with Gasteiger partial charge >= 0.3 is 0 Å². The molecule has 0 aromatic heterocycles. The summed E-state index contributed by atoms with van der Waals surface area (Å²) in [5.41, 5.74) is 6.67. The highest BCUT2D eigenvalue weighted by Crippen LogP contribution is 2.33. The molecular formula is C30H32F4N4O3S. The van der Waals surface area contributed by atoms with Gasteiger partial charge in [-0.05, 0) is 73.2 Å². The quantitative estimate of drug-likeness (QED) is 0.320. The molecule has 4 unspecified atom stereocenters. The second kappa shape index (κ2) is 12.4. The van der Waals surface area contributed by atoms with Crippen LogP contribution in [0.5, 0.6) is 0 Å². The minimum absolute atomic E-state index is 0.0694. The average Bonchev–Trinajstić information content (AvgIpc) is 3.04. The fourth-order valence-electron chi connectivity index (χ4n) is 5.99. The van der Waals surface area contributed by atoms with Crippen LogP contribution in [-0.2, 0) is 21.2 Å². The fraction of sp³-hybridized carbons (Fsp3) is 0.367. The Morgan fingerprint density at radius 1 is 1.00 bits per heavy atom. The van der Waals surface area contributed by atoms with Gasteiger partial charge in [-0.3, -0.25) is 4.79 Å². The predicted octanol–water partition coefficient (Wildman–Crippen LogP) is 4.04. The number of rotatable bonds is 9. The summed E-state index contributed by atoms with van der Waals surface area (Å²) in [6, 6.07) is 10.5. The molecule has 0 aliphatic carbocycles. The minimum Gasteiger partial charge on any atom is -0.373 e. The first kappa shape index (κ1) is 30.0. The number of nitrogens with zero attached hydrogens (tertiary/aromatic N) is 1. The van der Waals surface area contributed by atoms with Gasteiger partial charge in [-0.2, -0.15) is 4.31 Å². The van der Waals surface area contributed by atoms with E-state index in [1.165, 1.54) is 28.6 Å². The number of carbonyl (C=O) groups excluding carboxylic acids is 1. The van der Waals surface area contributed by atoms with E-state index >= 15 is 4.39 Å². The topological polar surface area (TPSA) is 105 Å². The molecule has 2 aliphatic heterocycles. The minimum atomic E-state index is -3.44. The van der Waals surface area contributed by atoms with Crippen LogP contribution in [0, 0.1) is 23.3 Å². The van der Waals surface area contributed by atoms with Gasteiger partial charge in [-0.1, -0.05) is 18.2 Å². The molecular weight excluding hydrogens is 572 g/mol. The molecule has 224 valence electrons. The molecule has 0 radical (unpaired) electrons. The van der Waals surface area contributed by atoms with Crippen LogP contribution in [0.2, 0.25) is 0 Å². The highest BCUT2D eigenvalue weighted by atomic mass is 32.2. The molecule has 12 heteroatoms. The number of halogens is 4. The number of primary amides is 1. The lowest BCUT2D eigenvalue weighted by Crippen LogP contribution is -2.57.